The summed E-state index contributed by atoms with van der Waals surface area (Å²) in [5.74, 6) is -0.0522. The molecule has 5 heteroatoms. The first-order chi connectivity index (χ1) is 9.49. The molecule has 3 atom stereocenters. The van der Waals surface area contributed by atoms with Gasteiger partial charge in [0.1, 0.15) is 12.1 Å². The molecule has 2 fully saturated rings. The molecule has 0 unspecified atom stereocenters. The highest BCUT2D eigenvalue weighted by atomic mass is 16.6. The van der Waals surface area contributed by atoms with E-state index in [1.165, 1.54) is 11.3 Å². The van der Waals surface area contributed by atoms with Crippen LogP contribution in [0.4, 0.5) is 0 Å². The molecule has 2 aliphatic rings. The largest absolute Gasteiger partial charge is 0.461 e. The van der Waals surface area contributed by atoms with E-state index in [2.05, 4.69) is 23.8 Å². The molecule has 2 aliphatic heterocycles. The molecule has 0 radical (unpaired) electrons. The number of hydrogen-bond acceptors (Lipinski definition) is 4. The van der Waals surface area contributed by atoms with Crippen LogP contribution in [-0.4, -0.2) is 39.3 Å². The van der Waals surface area contributed by atoms with E-state index in [-0.39, 0.29) is 18.1 Å². The van der Waals surface area contributed by atoms with Crippen LogP contribution in [0.3, 0.4) is 0 Å². The lowest BCUT2D eigenvalue weighted by Gasteiger charge is -2.28. The number of cyclic esters (lactones) is 1. The third-order valence-corrected chi connectivity index (χ3v) is 4.74. The van der Waals surface area contributed by atoms with Gasteiger partial charge in [-0.3, -0.25) is 14.4 Å². The maximum atomic E-state index is 12.0. The van der Waals surface area contributed by atoms with Crippen LogP contribution in [0.5, 0.6) is 0 Å². The molecule has 3 heterocycles. The number of aryl methyl sites for hydroxylation is 2. The minimum atomic E-state index is -0.0727. The Balaban J connectivity index is 1.91. The quantitative estimate of drug-likeness (QED) is 0.774. The lowest BCUT2D eigenvalue weighted by atomic mass is 10.0. The van der Waals surface area contributed by atoms with Gasteiger partial charge in [0.05, 0.1) is 5.69 Å². The van der Waals surface area contributed by atoms with Gasteiger partial charge in [-0.05, 0) is 40.2 Å². The molecule has 110 valence electrons. The van der Waals surface area contributed by atoms with Gasteiger partial charge in [0.15, 0.2) is 0 Å². The number of esters is 1. The van der Waals surface area contributed by atoms with E-state index >= 15 is 0 Å². The van der Waals surface area contributed by atoms with Gasteiger partial charge in [-0.1, -0.05) is 0 Å². The fourth-order valence-electron chi connectivity index (χ4n) is 3.75. The predicted molar refractivity (Wildman–Crippen MR) is 75.3 cm³/mol. The van der Waals surface area contributed by atoms with E-state index < -0.39 is 0 Å². The zero-order valence-corrected chi connectivity index (χ0v) is 12.7. The van der Waals surface area contributed by atoms with Crippen LogP contribution >= 0.6 is 0 Å². The Labute approximate surface area is 119 Å². The molecule has 0 aromatic carbocycles. The first-order valence-electron chi connectivity index (χ1n) is 7.45. The van der Waals surface area contributed by atoms with Crippen molar-refractivity contribution in [1.29, 1.82) is 0 Å². The average Bonchev–Trinajstić information content (AvgIpc) is 3.01. The second-order valence-corrected chi connectivity index (χ2v) is 6.10. The van der Waals surface area contributed by atoms with Crippen LogP contribution in [0.2, 0.25) is 0 Å². The van der Waals surface area contributed by atoms with E-state index in [1.54, 1.807) is 0 Å². The number of nitrogens with zero attached hydrogens (tertiary/aromatic N) is 3. The van der Waals surface area contributed by atoms with Crippen molar-refractivity contribution in [2.45, 2.75) is 58.2 Å². The number of hydrogen-bond donors (Lipinski definition) is 0. The Morgan fingerprint density at radius 1 is 1.30 bits per heavy atom. The monoisotopic (exact) mass is 277 g/mol. The Morgan fingerprint density at radius 3 is 2.60 bits per heavy atom. The van der Waals surface area contributed by atoms with Crippen molar-refractivity contribution in [2.24, 2.45) is 7.05 Å². The van der Waals surface area contributed by atoms with Crippen molar-refractivity contribution in [3.8, 4) is 0 Å². The SMILES string of the molecule is Cc1nn(C)c(C)c1[C@@H]1CCCN1[C@@H]1C[C@@H](C)OC1=O. The zero-order chi connectivity index (χ0) is 14.4. The highest BCUT2D eigenvalue weighted by molar-refractivity contribution is 5.78. The smallest absolute Gasteiger partial charge is 0.323 e. The molecule has 2 saturated heterocycles. The van der Waals surface area contributed by atoms with E-state index in [0.29, 0.717) is 6.04 Å². The molecular weight excluding hydrogens is 254 g/mol. The number of carbonyl (C=O) groups excluding carboxylic acids is 1. The Bertz CT molecular complexity index is 537. The summed E-state index contributed by atoms with van der Waals surface area (Å²) in [6.07, 6.45) is 3.10. The first kappa shape index (κ1) is 13.6. The molecule has 0 aliphatic carbocycles. The summed E-state index contributed by atoms with van der Waals surface area (Å²) in [5.41, 5.74) is 3.59. The lowest BCUT2D eigenvalue weighted by Crippen LogP contribution is -2.38. The van der Waals surface area contributed by atoms with Crippen LogP contribution < -0.4 is 0 Å². The molecule has 5 nitrogen and oxygen atoms in total. The third kappa shape index (κ3) is 2.04. The molecular formula is C15H23N3O2. The molecule has 0 spiro atoms. The van der Waals surface area contributed by atoms with Gasteiger partial charge in [0, 0.05) is 30.8 Å². The summed E-state index contributed by atoms with van der Waals surface area (Å²) in [6.45, 7) is 7.13. The van der Waals surface area contributed by atoms with Crippen molar-refractivity contribution in [3.63, 3.8) is 0 Å². The summed E-state index contributed by atoms with van der Waals surface area (Å²) in [6, 6.07) is 0.239. The standard InChI is InChI=1S/C15H23N3O2/c1-9-8-13(15(19)20-9)18-7-5-6-12(18)14-10(2)16-17(4)11(14)3/h9,12-13H,5-8H2,1-4H3/t9-,12+,13-/m1/s1. The van der Waals surface area contributed by atoms with Gasteiger partial charge in [-0.15, -0.1) is 0 Å². The van der Waals surface area contributed by atoms with Gasteiger partial charge in [0.2, 0.25) is 0 Å². The van der Waals surface area contributed by atoms with Crippen molar-refractivity contribution in [3.05, 3.63) is 17.0 Å². The summed E-state index contributed by atoms with van der Waals surface area (Å²) in [7, 11) is 1.98. The molecule has 0 amide bonds. The number of rotatable bonds is 2. The van der Waals surface area contributed by atoms with E-state index in [9.17, 15) is 4.79 Å². The molecule has 3 rings (SSSR count). The fourth-order valence-corrected chi connectivity index (χ4v) is 3.75. The van der Waals surface area contributed by atoms with Gasteiger partial charge < -0.3 is 4.74 Å². The van der Waals surface area contributed by atoms with Crippen molar-refractivity contribution in [2.75, 3.05) is 6.54 Å². The highest BCUT2D eigenvalue weighted by Crippen LogP contribution is 2.39. The Morgan fingerprint density at radius 2 is 2.05 bits per heavy atom. The van der Waals surface area contributed by atoms with E-state index in [0.717, 1.165) is 31.5 Å². The number of aromatic nitrogens is 2. The molecule has 1 aromatic rings. The summed E-state index contributed by atoms with van der Waals surface area (Å²) < 4.78 is 7.28. The zero-order valence-electron chi connectivity index (χ0n) is 12.7. The van der Waals surface area contributed by atoms with Crippen LogP contribution in [-0.2, 0) is 16.6 Å². The van der Waals surface area contributed by atoms with Gasteiger partial charge in [0.25, 0.3) is 0 Å². The predicted octanol–water partition coefficient (Wildman–Crippen LogP) is 1.88. The summed E-state index contributed by atoms with van der Waals surface area (Å²) >= 11 is 0. The van der Waals surface area contributed by atoms with Crippen molar-refractivity contribution >= 4 is 5.97 Å². The molecule has 1 aromatic heterocycles. The van der Waals surface area contributed by atoms with E-state index in [1.807, 2.05) is 18.7 Å². The topological polar surface area (TPSA) is 47.4 Å². The van der Waals surface area contributed by atoms with E-state index in [4.69, 9.17) is 4.74 Å². The number of carbonyl (C=O) groups is 1. The molecule has 0 bridgehead atoms. The second-order valence-electron chi connectivity index (χ2n) is 6.10. The highest BCUT2D eigenvalue weighted by Gasteiger charge is 2.42. The minimum Gasteiger partial charge on any atom is -0.461 e. The summed E-state index contributed by atoms with van der Waals surface area (Å²) in [4.78, 5) is 14.4. The normalized spacial score (nSPS) is 31.0. The molecule has 0 saturated carbocycles. The Hall–Kier alpha value is -1.36. The summed E-state index contributed by atoms with van der Waals surface area (Å²) in [5, 5.41) is 4.52. The lowest BCUT2D eigenvalue weighted by molar-refractivity contribution is -0.145. The fraction of sp³-hybridized carbons (Fsp3) is 0.733. The molecule has 0 N–H and O–H groups in total. The van der Waals surface area contributed by atoms with Crippen LogP contribution in [0.15, 0.2) is 0 Å². The number of likely N-dealkylation sites (tertiary alicyclic amines) is 1. The third-order valence-electron chi connectivity index (χ3n) is 4.74. The van der Waals surface area contributed by atoms with Crippen LogP contribution in [0, 0.1) is 13.8 Å². The maximum absolute atomic E-state index is 12.0. The van der Waals surface area contributed by atoms with Crippen LogP contribution in [0.1, 0.15) is 49.2 Å². The Kier molecular flexibility index (Phi) is 3.32. The molecule has 20 heavy (non-hydrogen) atoms. The first-order valence-corrected chi connectivity index (χ1v) is 7.45. The van der Waals surface area contributed by atoms with Crippen molar-refractivity contribution < 1.29 is 9.53 Å². The van der Waals surface area contributed by atoms with Gasteiger partial charge >= 0.3 is 5.97 Å². The maximum Gasteiger partial charge on any atom is 0.323 e. The minimum absolute atomic E-state index is 0.0462. The van der Waals surface area contributed by atoms with Crippen LogP contribution in [0.25, 0.3) is 0 Å². The number of ether oxygens (including phenoxy) is 1. The van der Waals surface area contributed by atoms with Crippen molar-refractivity contribution in [1.82, 2.24) is 14.7 Å². The second kappa shape index (κ2) is 4.88. The average molecular weight is 277 g/mol. The van der Waals surface area contributed by atoms with Gasteiger partial charge in [-0.25, -0.2) is 0 Å². The van der Waals surface area contributed by atoms with Gasteiger partial charge in [-0.2, -0.15) is 5.10 Å².